The van der Waals surface area contributed by atoms with E-state index in [1.165, 1.54) is 23.9 Å². The zero-order valence-electron chi connectivity index (χ0n) is 44.2. The third-order valence-electron chi connectivity index (χ3n) is 14.2. The van der Waals surface area contributed by atoms with Crippen molar-refractivity contribution in [3.05, 3.63) is 118 Å². The largest absolute Gasteiger partial charge is 0.379 e. The van der Waals surface area contributed by atoms with Gasteiger partial charge in [0.25, 0.3) is 23.6 Å². The van der Waals surface area contributed by atoms with Crippen LogP contribution in [0.2, 0.25) is 0 Å². The molecule has 1 atom stereocenters. The summed E-state index contributed by atoms with van der Waals surface area (Å²) in [7, 11) is 3.51. The molecule has 78 heavy (non-hydrogen) atoms. The van der Waals surface area contributed by atoms with Gasteiger partial charge in [-0.3, -0.25) is 53.5 Å². The second-order valence-corrected chi connectivity index (χ2v) is 19.6. The molecule has 3 aromatic carbocycles. The number of benzene rings is 3. The lowest BCUT2D eigenvalue weighted by Gasteiger charge is -2.53. The molecule has 1 saturated carbocycles. The van der Waals surface area contributed by atoms with Crippen molar-refractivity contribution >= 4 is 58.6 Å². The Kier molecular flexibility index (Phi) is 20.0. The number of amides is 8. The smallest absolute Gasteiger partial charge is 0.268 e. The molecule has 4 aliphatic rings. The Morgan fingerprint density at radius 2 is 1.36 bits per heavy atom. The second kappa shape index (κ2) is 27.4. The molecule has 1 spiro atoms. The van der Waals surface area contributed by atoms with Gasteiger partial charge in [0, 0.05) is 70.2 Å². The number of carbonyl (C=O) groups excluding carboxylic acids is 8. The van der Waals surface area contributed by atoms with Crippen LogP contribution in [0.15, 0.2) is 78.9 Å². The first-order valence-electron chi connectivity index (χ1n) is 26.5. The van der Waals surface area contributed by atoms with Crippen LogP contribution < -0.4 is 26.6 Å². The molecule has 22 heteroatoms. The molecule has 22 nitrogen and oxygen atoms in total. The number of ether oxygens (including phenoxy) is 5. The third kappa shape index (κ3) is 14.3. The van der Waals surface area contributed by atoms with E-state index >= 15 is 0 Å². The SMILES string of the molecule is CN(C)C(=O)c1ccc(CN2CCn3c(C(=O)NCc4ccc(NC(=O)CCOCCOCCOCCOCCOCCNCC(=O)Nc5cccc6c5C(=O)N(C5CCC(=O)NC5=O)C6=O)cc4)ccc3C23CCC3)cc1. The van der Waals surface area contributed by atoms with Crippen molar-refractivity contribution in [2.75, 3.05) is 110 Å². The Morgan fingerprint density at radius 1 is 0.705 bits per heavy atom. The maximum Gasteiger partial charge on any atom is 0.268 e. The number of piperidine rings is 1. The first-order valence-corrected chi connectivity index (χ1v) is 26.5. The first kappa shape index (κ1) is 57.0. The molecule has 4 heterocycles. The van der Waals surface area contributed by atoms with Crippen LogP contribution >= 0.6 is 0 Å². The van der Waals surface area contributed by atoms with Crippen molar-refractivity contribution in [2.24, 2.45) is 0 Å². The highest BCUT2D eigenvalue weighted by atomic mass is 16.6. The van der Waals surface area contributed by atoms with Crippen LogP contribution in [0.4, 0.5) is 11.4 Å². The highest BCUT2D eigenvalue weighted by Gasteiger charge is 2.49. The zero-order chi connectivity index (χ0) is 55.0. The van der Waals surface area contributed by atoms with Crippen LogP contribution in [0.5, 0.6) is 0 Å². The van der Waals surface area contributed by atoms with Gasteiger partial charge in [0.2, 0.25) is 23.6 Å². The number of hydrogen-bond donors (Lipinski definition) is 5. The quantitative estimate of drug-likeness (QED) is 0.0387. The molecular weight excluding hydrogens is 1010 g/mol. The molecular formula is C56H69N9O13. The van der Waals surface area contributed by atoms with Gasteiger partial charge in [0.05, 0.1) is 101 Å². The van der Waals surface area contributed by atoms with Crippen molar-refractivity contribution in [1.82, 2.24) is 35.2 Å². The Labute approximate surface area is 452 Å². The summed E-state index contributed by atoms with van der Waals surface area (Å²) in [6, 6.07) is 22.7. The lowest BCUT2D eigenvalue weighted by molar-refractivity contribution is -0.136. The van der Waals surface area contributed by atoms with E-state index in [0.29, 0.717) is 96.0 Å². The van der Waals surface area contributed by atoms with Crippen molar-refractivity contribution in [1.29, 1.82) is 0 Å². The number of anilines is 2. The van der Waals surface area contributed by atoms with E-state index < -0.39 is 35.6 Å². The van der Waals surface area contributed by atoms with Gasteiger partial charge in [-0.2, -0.15) is 0 Å². The Balaban J connectivity index is 0.599. The summed E-state index contributed by atoms with van der Waals surface area (Å²) in [4.78, 5) is 106. The number of aromatic nitrogens is 1. The zero-order valence-corrected chi connectivity index (χ0v) is 44.2. The van der Waals surface area contributed by atoms with E-state index in [1.807, 2.05) is 54.6 Å². The van der Waals surface area contributed by atoms with Crippen molar-refractivity contribution < 1.29 is 62.0 Å². The predicted octanol–water partition coefficient (Wildman–Crippen LogP) is 3.06. The molecule has 416 valence electrons. The van der Waals surface area contributed by atoms with E-state index in [0.717, 1.165) is 48.4 Å². The summed E-state index contributed by atoms with van der Waals surface area (Å²) in [6.07, 6.45) is 3.43. The van der Waals surface area contributed by atoms with Gasteiger partial charge in [-0.05, 0) is 85.3 Å². The van der Waals surface area contributed by atoms with Crippen LogP contribution in [-0.2, 0) is 68.0 Å². The van der Waals surface area contributed by atoms with Crippen molar-refractivity contribution in [2.45, 2.75) is 69.7 Å². The van der Waals surface area contributed by atoms with Crippen molar-refractivity contribution in [3.63, 3.8) is 0 Å². The number of carbonyl (C=O) groups is 8. The number of hydrogen-bond acceptors (Lipinski definition) is 15. The molecule has 4 aromatic rings. The van der Waals surface area contributed by atoms with Gasteiger partial charge in [0.1, 0.15) is 11.7 Å². The molecule has 0 bridgehead atoms. The van der Waals surface area contributed by atoms with Gasteiger partial charge >= 0.3 is 0 Å². The molecule has 5 N–H and O–H groups in total. The summed E-state index contributed by atoms with van der Waals surface area (Å²) in [5.41, 5.74) is 5.36. The maximum atomic E-state index is 13.5. The molecule has 1 aromatic heterocycles. The fourth-order valence-corrected chi connectivity index (χ4v) is 9.96. The van der Waals surface area contributed by atoms with E-state index in [2.05, 4.69) is 42.1 Å². The Morgan fingerprint density at radius 3 is 2.00 bits per heavy atom. The fourth-order valence-electron chi connectivity index (χ4n) is 9.96. The predicted molar refractivity (Wildman–Crippen MR) is 284 cm³/mol. The van der Waals surface area contributed by atoms with E-state index in [1.54, 1.807) is 19.0 Å². The van der Waals surface area contributed by atoms with Gasteiger partial charge in [-0.25, -0.2) is 0 Å². The standard InChI is InChI=1S/C56H69N9O13/c1-62(2)53(71)40-11-7-39(8-12-40)37-63-23-24-64-44(15-17-46(64)56(63)20-4-21-56)51(69)58-35-38-9-13-41(14-10-38)59-48(67)19-25-74-27-29-76-31-33-78-34-32-77-30-28-75-26-22-57-36-49(68)60-43-6-3-5-42-50(43)55(73)65(54(42)72)45-16-18-47(66)61-52(45)70/h3,5-15,17,45,57H,4,16,18-37H2,1-2H3,(H,58,69)(H,59,67)(H,60,68)(H,61,66,70). The summed E-state index contributed by atoms with van der Waals surface area (Å²) < 4.78 is 29.9. The van der Waals surface area contributed by atoms with Crippen molar-refractivity contribution in [3.8, 4) is 0 Å². The molecule has 1 unspecified atom stereocenters. The number of imide groups is 2. The molecule has 1 aliphatic carbocycles. The van der Waals surface area contributed by atoms with Crippen LogP contribution in [-0.4, -0.2) is 172 Å². The number of fused-ring (bicyclic) bond motifs is 3. The Hall–Kier alpha value is -7.18. The van der Waals surface area contributed by atoms with Gasteiger partial charge in [0.15, 0.2) is 0 Å². The summed E-state index contributed by atoms with van der Waals surface area (Å²) in [6.45, 7) is 6.39. The van der Waals surface area contributed by atoms with Crippen LogP contribution in [0.25, 0.3) is 0 Å². The molecule has 8 rings (SSSR count). The topological polar surface area (TPSA) is 258 Å². The normalized spacial score (nSPS) is 16.6. The second-order valence-electron chi connectivity index (χ2n) is 19.6. The maximum absolute atomic E-state index is 13.5. The summed E-state index contributed by atoms with van der Waals surface area (Å²) in [5.74, 6) is -3.29. The van der Waals surface area contributed by atoms with E-state index in [4.69, 9.17) is 23.7 Å². The fraction of sp³-hybridized carbons (Fsp3) is 0.464. The average molecular weight is 1080 g/mol. The minimum Gasteiger partial charge on any atom is -0.379 e. The Bertz CT molecular complexity index is 2800. The molecule has 8 amide bonds. The van der Waals surface area contributed by atoms with Crippen LogP contribution in [0.1, 0.15) is 96.9 Å². The number of rotatable bonds is 29. The molecule has 1 saturated heterocycles. The average Bonchev–Trinajstić information content (AvgIpc) is 4.18. The summed E-state index contributed by atoms with van der Waals surface area (Å²) >= 11 is 0. The minimum atomic E-state index is -1.10. The van der Waals surface area contributed by atoms with E-state index in [-0.39, 0.29) is 72.5 Å². The monoisotopic (exact) mass is 1080 g/mol. The minimum absolute atomic E-state index is 0.00290. The highest BCUT2D eigenvalue weighted by molar-refractivity contribution is 6.26. The number of nitrogens with zero attached hydrogens (tertiary/aromatic N) is 4. The van der Waals surface area contributed by atoms with Gasteiger partial charge in [-0.15, -0.1) is 0 Å². The molecule has 2 fully saturated rings. The molecule has 0 radical (unpaired) electrons. The van der Waals surface area contributed by atoms with Crippen LogP contribution in [0, 0.1) is 0 Å². The van der Waals surface area contributed by atoms with Gasteiger partial charge in [-0.1, -0.05) is 30.3 Å². The number of nitrogens with one attached hydrogen (secondary N) is 5. The first-order chi connectivity index (χ1) is 37.8. The van der Waals surface area contributed by atoms with Crippen LogP contribution in [0.3, 0.4) is 0 Å². The highest BCUT2D eigenvalue weighted by Crippen LogP contribution is 2.49. The lowest BCUT2D eigenvalue weighted by Crippen LogP contribution is -2.56. The van der Waals surface area contributed by atoms with Gasteiger partial charge < -0.3 is 54.4 Å². The third-order valence-corrected chi connectivity index (χ3v) is 14.2. The molecule has 3 aliphatic heterocycles. The van der Waals surface area contributed by atoms with E-state index in [9.17, 15) is 38.4 Å². The lowest BCUT2D eigenvalue weighted by atomic mass is 9.71. The summed E-state index contributed by atoms with van der Waals surface area (Å²) in [5, 5.41) is 13.7.